The Balaban J connectivity index is 0.000000181. The second-order valence-corrected chi connectivity index (χ2v) is 8.21. The van der Waals surface area contributed by atoms with Crippen LogP contribution >= 0.6 is 0 Å². The summed E-state index contributed by atoms with van der Waals surface area (Å²) < 4.78 is 0. The van der Waals surface area contributed by atoms with Crippen LogP contribution in [-0.2, 0) is 0 Å². The van der Waals surface area contributed by atoms with Crippen molar-refractivity contribution in [3.63, 3.8) is 0 Å². The maximum Gasteiger partial charge on any atom is 0.00388 e. The molecule has 0 unspecified atom stereocenters. The van der Waals surface area contributed by atoms with Gasteiger partial charge in [-0.1, -0.05) is 77.0 Å². The molecule has 0 radical (unpaired) electrons. The molecular formula is C21H45N3. The van der Waals surface area contributed by atoms with Crippen LogP contribution < -0.4 is 17.2 Å². The van der Waals surface area contributed by atoms with E-state index in [1.54, 1.807) is 0 Å². The Morgan fingerprint density at radius 2 is 0.833 bits per heavy atom. The minimum atomic E-state index is 0.536. The topological polar surface area (TPSA) is 78.1 Å². The second kappa shape index (κ2) is 15.2. The lowest BCUT2D eigenvalue weighted by atomic mass is 9.87. The largest absolute Gasteiger partial charge is 0.330 e. The van der Waals surface area contributed by atoms with Gasteiger partial charge in [0.2, 0.25) is 0 Å². The molecule has 6 N–H and O–H groups in total. The van der Waals surface area contributed by atoms with Gasteiger partial charge in [0.05, 0.1) is 0 Å². The van der Waals surface area contributed by atoms with E-state index in [0.717, 1.165) is 24.9 Å². The maximum atomic E-state index is 5.63. The van der Waals surface area contributed by atoms with Gasteiger partial charge in [-0.25, -0.2) is 0 Å². The number of rotatable bonds is 4. The van der Waals surface area contributed by atoms with E-state index in [-0.39, 0.29) is 0 Å². The molecule has 3 nitrogen and oxygen atoms in total. The van der Waals surface area contributed by atoms with Gasteiger partial charge in [-0.15, -0.1) is 0 Å². The van der Waals surface area contributed by atoms with E-state index < -0.39 is 0 Å². The van der Waals surface area contributed by atoms with Gasteiger partial charge in [0.15, 0.2) is 0 Å². The molecule has 0 spiro atoms. The van der Waals surface area contributed by atoms with Crippen LogP contribution in [-0.4, -0.2) is 19.1 Å². The molecule has 0 aliphatic heterocycles. The molecule has 3 rings (SSSR count). The Morgan fingerprint density at radius 3 is 1.12 bits per heavy atom. The fraction of sp³-hybridized carbons (Fsp3) is 1.00. The van der Waals surface area contributed by atoms with E-state index >= 15 is 0 Å². The molecule has 3 heteroatoms. The molecule has 3 saturated carbocycles. The SMILES string of the molecule is NC1CCCCC1.NCCC1CCCC1.NCCC1CCCCC1. The van der Waals surface area contributed by atoms with Gasteiger partial charge in [-0.05, 0) is 50.6 Å². The normalized spacial score (nSPS) is 23.1. The zero-order valence-corrected chi connectivity index (χ0v) is 16.2. The highest BCUT2D eigenvalue weighted by Crippen LogP contribution is 2.26. The summed E-state index contributed by atoms with van der Waals surface area (Å²) >= 11 is 0. The van der Waals surface area contributed by atoms with Crippen molar-refractivity contribution in [3.8, 4) is 0 Å². The van der Waals surface area contributed by atoms with Crippen LogP contribution in [0.5, 0.6) is 0 Å². The molecule has 0 bridgehead atoms. The van der Waals surface area contributed by atoms with Crippen molar-refractivity contribution in [2.24, 2.45) is 29.0 Å². The first-order valence-electron chi connectivity index (χ1n) is 10.9. The van der Waals surface area contributed by atoms with Crippen molar-refractivity contribution in [2.45, 2.75) is 109 Å². The Morgan fingerprint density at radius 1 is 0.500 bits per heavy atom. The number of hydrogen-bond acceptors (Lipinski definition) is 3. The third-order valence-corrected chi connectivity index (χ3v) is 6.00. The smallest absolute Gasteiger partial charge is 0.00388 e. The van der Waals surface area contributed by atoms with Crippen LogP contribution in [0.2, 0.25) is 0 Å². The summed E-state index contributed by atoms with van der Waals surface area (Å²) in [6.07, 6.45) is 22.2. The maximum absolute atomic E-state index is 5.63. The Hall–Kier alpha value is -0.120. The van der Waals surface area contributed by atoms with Crippen molar-refractivity contribution in [1.29, 1.82) is 0 Å². The van der Waals surface area contributed by atoms with Gasteiger partial charge in [-0.2, -0.15) is 0 Å². The Kier molecular flexibility index (Phi) is 13.8. The summed E-state index contributed by atoms with van der Waals surface area (Å²) in [4.78, 5) is 0. The van der Waals surface area contributed by atoms with Gasteiger partial charge in [0, 0.05) is 6.04 Å². The number of nitrogens with two attached hydrogens (primary N) is 3. The molecule has 0 amide bonds. The first-order chi connectivity index (χ1) is 11.8. The van der Waals surface area contributed by atoms with Crippen molar-refractivity contribution in [1.82, 2.24) is 0 Å². The standard InChI is InChI=1S/C8H17N.C7H15N.C6H13N/c9-7-6-8-4-2-1-3-5-8;8-6-5-7-3-1-2-4-7;7-6-4-2-1-3-5-6/h8H,1-7,9H2;7H,1-6,8H2;6H,1-5,7H2. The Labute approximate surface area is 151 Å². The zero-order valence-electron chi connectivity index (χ0n) is 16.2. The van der Waals surface area contributed by atoms with Crippen molar-refractivity contribution < 1.29 is 0 Å². The van der Waals surface area contributed by atoms with Crippen LogP contribution in [0.4, 0.5) is 0 Å². The lowest BCUT2D eigenvalue weighted by molar-refractivity contribution is 0.343. The van der Waals surface area contributed by atoms with E-state index in [0.29, 0.717) is 6.04 Å². The van der Waals surface area contributed by atoms with E-state index in [9.17, 15) is 0 Å². The molecule has 0 aromatic carbocycles. The van der Waals surface area contributed by atoms with Crippen molar-refractivity contribution in [2.75, 3.05) is 13.1 Å². The van der Waals surface area contributed by atoms with Gasteiger partial charge >= 0.3 is 0 Å². The molecular weight excluding hydrogens is 294 g/mol. The Bertz CT molecular complexity index is 249. The molecule has 0 heterocycles. The van der Waals surface area contributed by atoms with E-state index in [2.05, 4.69) is 0 Å². The molecule has 0 saturated heterocycles. The molecule has 24 heavy (non-hydrogen) atoms. The highest BCUT2D eigenvalue weighted by Gasteiger charge is 2.13. The summed E-state index contributed by atoms with van der Waals surface area (Å²) in [6, 6.07) is 0.536. The summed E-state index contributed by atoms with van der Waals surface area (Å²) in [5, 5.41) is 0. The summed E-state index contributed by atoms with van der Waals surface area (Å²) in [6.45, 7) is 1.79. The lowest BCUT2D eigenvalue weighted by Gasteiger charge is -2.20. The molecule has 144 valence electrons. The minimum absolute atomic E-state index is 0.536. The zero-order chi connectivity index (χ0) is 17.5. The van der Waals surface area contributed by atoms with Crippen LogP contribution in [0.25, 0.3) is 0 Å². The average molecular weight is 340 g/mol. The summed E-state index contributed by atoms with van der Waals surface area (Å²) in [5.41, 5.74) is 16.5. The second-order valence-electron chi connectivity index (χ2n) is 8.21. The highest BCUT2D eigenvalue weighted by atomic mass is 14.6. The first kappa shape index (κ1) is 21.9. The van der Waals surface area contributed by atoms with E-state index in [1.165, 1.54) is 103 Å². The van der Waals surface area contributed by atoms with Crippen LogP contribution in [0.3, 0.4) is 0 Å². The van der Waals surface area contributed by atoms with Crippen LogP contribution in [0.1, 0.15) is 103 Å². The fourth-order valence-electron chi connectivity index (χ4n) is 4.38. The third-order valence-electron chi connectivity index (χ3n) is 6.00. The molecule has 3 aliphatic rings. The molecule has 0 aromatic rings. The lowest BCUT2D eigenvalue weighted by Crippen LogP contribution is -2.22. The molecule has 0 atom stereocenters. The number of hydrogen-bond donors (Lipinski definition) is 3. The van der Waals surface area contributed by atoms with Gasteiger partial charge in [0.1, 0.15) is 0 Å². The van der Waals surface area contributed by atoms with Gasteiger partial charge < -0.3 is 17.2 Å². The molecule has 0 aromatic heterocycles. The molecule has 3 fully saturated rings. The molecule has 3 aliphatic carbocycles. The van der Waals surface area contributed by atoms with Crippen LogP contribution in [0, 0.1) is 11.8 Å². The van der Waals surface area contributed by atoms with E-state index in [4.69, 9.17) is 17.2 Å². The van der Waals surface area contributed by atoms with Gasteiger partial charge in [0.25, 0.3) is 0 Å². The summed E-state index contributed by atoms with van der Waals surface area (Å²) in [5.74, 6) is 1.96. The fourth-order valence-corrected chi connectivity index (χ4v) is 4.38. The summed E-state index contributed by atoms with van der Waals surface area (Å²) in [7, 11) is 0. The monoisotopic (exact) mass is 339 g/mol. The average Bonchev–Trinajstić information content (AvgIpc) is 3.12. The first-order valence-corrected chi connectivity index (χ1v) is 10.9. The van der Waals surface area contributed by atoms with Crippen molar-refractivity contribution >= 4 is 0 Å². The predicted octanol–water partition coefficient (Wildman–Crippen LogP) is 4.72. The predicted molar refractivity (Wildman–Crippen MR) is 107 cm³/mol. The van der Waals surface area contributed by atoms with Crippen LogP contribution in [0.15, 0.2) is 0 Å². The van der Waals surface area contributed by atoms with Crippen molar-refractivity contribution in [3.05, 3.63) is 0 Å². The third kappa shape index (κ3) is 11.4. The quantitative estimate of drug-likeness (QED) is 0.693. The van der Waals surface area contributed by atoms with E-state index in [1.807, 2.05) is 0 Å². The highest BCUT2D eigenvalue weighted by molar-refractivity contribution is 4.67. The van der Waals surface area contributed by atoms with Gasteiger partial charge in [-0.3, -0.25) is 0 Å². The minimum Gasteiger partial charge on any atom is -0.330 e.